The van der Waals surface area contributed by atoms with Crippen molar-refractivity contribution in [2.45, 2.75) is 12.1 Å². The summed E-state index contributed by atoms with van der Waals surface area (Å²) in [7, 11) is 0. The van der Waals surface area contributed by atoms with Crippen LogP contribution in [0.15, 0.2) is 54.9 Å². The van der Waals surface area contributed by atoms with E-state index < -0.39 is 22.7 Å². The van der Waals surface area contributed by atoms with Crippen LogP contribution in [-0.4, -0.2) is 26.0 Å². The van der Waals surface area contributed by atoms with Crippen LogP contribution in [0.3, 0.4) is 0 Å². The number of hydrogen-bond donors (Lipinski definition) is 0. The van der Waals surface area contributed by atoms with Gasteiger partial charge in [0, 0.05) is 11.1 Å². The smallest absolute Gasteiger partial charge is 0.276 e. The Labute approximate surface area is 153 Å². The summed E-state index contributed by atoms with van der Waals surface area (Å²) in [5.74, 6) is -4.76. The highest BCUT2D eigenvalue weighted by atomic mass is 19.4. The normalized spacial score (nSPS) is 12.0. The van der Waals surface area contributed by atoms with Gasteiger partial charge < -0.3 is 0 Å². The third-order valence-corrected chi connectivity index (χ3v) is 3.63. The van der Waals surface area contributed by atoms with Crippen LogP contribution in [0.4, 0.5) is 22.0 Å². The Kier molecular flexibility index (Phi) is 4.71. The molecular formula is C16H9F5N4O3. The molecule has 3 rings (SSSR count). The Morgan fingerprint density at radius 1 is 0.964 bits per heavy atom. The molecule has 0 saturated carbocycles. The molecule has 146 valence electrons. The highest BCUT2D eigenvalue weighted by Crippen LogP contribution is 2.43. The Morgan fingerprint density at radius 2 is 1.57 bits per heavy atom. The highest BCUT2D eigenvalue weighted by molar-refractivity contribution is 5.56. The van der Waals surface area contributed by atoms with E-state index >= 15 is 0 Å². The molecule has 0 bridgehead atoms. The predicted molar refractivity (Wildman–Crippen MR) is 84.4 cm³/mol. The van der Waals surface area contributed by atoms with Crippen molar-refractivity contribution in [1.29, 1.82) is 0 Å². The van der Waals surface area contributed by atoms with Gasteiger partial charge in [0.25, 0.3) is 5.09 Å². The zero-order valence-electron chi connectivity index (χ0n) is 13.6. The van der Waals surface area contributed by atoms with Gasteiger partial charge in [-0.05, 0) is 36.4 Å². The van der Waals surface area contributed by atoms with Crippen LogP contribution in [0.5, 0.6) is 5.75 Å². The van der Waals surface area contributed by atoms with E-state index in [9.17, 15) is 32.1 Å². The molecule has 0 N–H and O–H groups in total. The van der Waals surface area contributed by atoms with E-state index in [0.717, 1.165) is 12.1 Å². The maximum Gasteiger partial charge on any atom is 0.458 e. The van der Waals surface area contributed by atoms with Crippen molar-refractivity contribution < 1.29 is 31.9 Å². The van der Waals surface area contributed by atoms with Crippen LogP contribution in [0.2, 0.25) is 0 Å². The lowest BCUT2D eigenvalue weighted by Gasteiger charge is -2.19. The maximum atomic E-state index is 13.3. The average Bonchev–Trinajstić information content (AvgIpc) is 3.11. The lowest BCUT2D eigenvalue weighted by molar-refractivity contribution is -0.711. The molecule has 0 fully saturated rings. The predicted octanol–water partition coefficient (Wildman–Crippen LogP) is 4.16. The highest BCUT2D eigenvalue weighted by Gasteiger charge is 2.58. The van der Waals surface area contributed by atoms with Crippen molar-refractivity contribution in [3.8, 4) is 22.8 Å². The van der Waals surface area contributed by atoms with Crippen LogP contribution >= 0.6 is 0 Å². The molecule has 2 aromatic carbocycles. The van der Waals surface area contributed by atoms with Gasteiger partial charge in [0.2, 0.25) is 0 Å². The molecule has 3 aromatic rings. The van der Waals surface area contributed by atoms with E-state index in [-0.39, 0.29) is 17.3 Å². The van der Waals surface area contributed by atoms with E-state index in [4.69, 9.17) is 0 Å². The van der Waals surface area contributed by atoms with Gasteiger partial charge in [0.1, 0.15) is 12.1 Å². The number of aromatic nitrogens is 3. The lowest BCUT2D eigenvalue weighted by Crippen LogP contribution is -2.33. The fraction of sp³-hybridized carbons (Fsp3) is 0.125. The number of rotatable bonds is 5. The molecule has 28 heavy (non-hydrogen) atoms. The molecule has 0 aliphatic carbocycles. The minimum Gasteiger partial charge on any atom is -0.276 e. The van der Waals surface area contributed by atoms with Crippen molar-refractivity contribution in [3.63, 3.8) is 0 Å². The van der Waals surface area contributed by atoms with Crippen LogP contribution in [0, 0.1) is 10.1 Å². The Morgan fingerprint density at radius 3 is 2.11 bits per heavy atom. The summed E-state index contributed by atoms with van der Waals surface area (Å²) in [5.41, 5.74) is -0.492. The van der Waals surface area contributed by atoms with Crippen LogP contribution in [0.25, 0.3) is 17.1 Å². The molecule has 0 radical (unpaired) electrons. The van der Waals surface area contributed by atoms with Gasteiger partial charge in [-0.15, -0.1) is 15.2 Å². The molecule has 0 atom stereocenters. The fourth-order valence-corrected chi connectivity index (χ4v) is 2.26. The average molecular weight is 400 g/mol. The number of halogens is 5. The second kappa shape index (κ2) is 6.87. The van der Waals surface area contributed by atoms with Crippen LogP contribution in [0.1, 0.15) is 5.56 Å². The molecule has 0 amide bonds. The third kappa shape index (κ3) is 3.75. The Bertz CT molecular complexity index is 985. The monoisotopic (exact) mass is 400 g/mol. The molecule has 1 heterocycles. The van der Waals surface area contributed by atoms with Crippen molar-refractivity contribution >= 4 is 0 Å². The lowest BCUT2D eigenvalue weighted by atomic mass is 10.1. The van der Waals surface area contributed by atoms with Gasteiger partial charge in [0.05, 0.1) is 5.69 Å². The van der Waals surface area contributed by atoms with Crippen LogP contribution in [-0.2, 0) is 5.92 Å². The van der Waals surface area contributed by atoms with E-state index in [1.165, 1.54) is 35.3 Å². The summed E-state index contributed by atoms with van der Waals surface area (Å²) in [6, 6.07) is 9.02. The second-order valence-electron chi connectivity index (χ2n) is 5.47. The van der Waals surface area contributed by atoms with E-state index in [1.807, 2.05) is 0 Å². The SMILES string of the molecule is O=[N+]([O-])Oc1ccc(-c2ncn(-c3ccc(C(F)(F)C(F)(F)F)cc3)n2)cc1. The molecular weight excluding hydrogens is 391 g/mol. The van der Waals surface area contributed by atoms with Gasteiger partial charge >= 0.3 is 12.1 Å². The molecule has 0 saturated heterocycles. The number of hydrogen-bond acceptors (Lipinski definition) is 5. The van der Waals surface area contributed by atoms with Gasteiger partial charge in [0.15, 0.2) is 5.82 Å². The first-order chi connectivity index (χ1) is 13.1. The van der Waals surface area contributed by atoms with Gasteiger partial charge in [-0.25, -0.2) is 9.67 Å². The van der Waals surface area contributed by atoms with E-state index in [0.29, 0.717) is 17.7 Å². The van der Waals surface area contributed by atoms with Crippen molar-refractivity contribution in [3.05, 3.63) is 70.5 Å². The molecule has 0 unspecified atom stereocenters. The zero-order valence-corrected chi connectivity index (χ0v) is 13.6. The fourth-order valence-electron chi connectivity index (χ4n) is 2.26. The Hall–Kier alpha value is -3.57. The van der Waals surface area contributed by atoms with Gasteiger partial charge in [-0.1, -0.05) is 12.1 Å². The summed E-state index contributed by atoms with van der Waals surface area (Å²) in [6.07, 6.45) is -4.45. The molecule has 12 heteroatoms. The van der Waals surface area contributed by atoms with Gasteiger partial charge in [-0.2, -0.15) is 22.0 Å². The Balaban J connectivity index is 1.81. The summed E-state index contributed by atoms with van der Waals surface area (Å²) < 4.78 is 65.1. The standard InChI is InChI=1S/C16H9F5N4O3/c17-15(18,16(19,20)21)11-3-5-12(6-4-11)24-9-22-14(23-24)10-1-7-13(8-2-10)28-25(26)27/h1-9H. The number of nitrogens with zero attached hydrogens (tertiary/aromatic N) is 4. The minimum absolute atomic E-state index is 0.00522. The molecule has 0 aliphatic rings. The van der Waals surface area contributed by atoms with Gasteiger partial charge in [-0.3, -0.25) is 4.84 Å². The zero-order chi connectivity index (χ0) is 20.5. The molecule has 0 aliphatic heterocycles. The molecule has 0 spiro atoms. The molecule has 1 aromatic heterocycles. The first-order valence-corrected chi connectivity index (χ1v) is 7.48. The quantitative estimate of drug-likeness (QED) is 0.365. The molecule has 7 nitrogen and oxygen atoms in total. The summed E-state index contributed by atoms with van der Waals surface area (Å²) in [5, 5.41) is 13.4. The van der Waals surface area contributed by atoms with Crippen molar-refractivity contribution in [1.82, 2.24) is 14.8 Å². The topological polar surface area (TPSA) is 83.1 Å². The first-order valence-electron chi connectivity index (χ1n) is 7.48. The summed E-state index contributed by atoms with van der Waals surface area (Å²) in [4.78, 5) is 18.6. The maximum absolute atomic E-state index is 13.3. The van der Waals surface area contributed by atoms with Crippen molar-refractivity contribution in [2.24, 2.45) is 0 Å². The number of benzene rings is 2. The number of alkyl halides is 5. The first kappa shape index (κ1) is 19.2. The second-order valence-corrected chi connectivity index (χ2v) is 5.47. The minimum atomic E-state index is -5.69. The van der Waals surface area contributed by atoms with E-state index in [1.54, 1.807) is 0 Å². The van der Waals surface area contributed by atoms with Crippen molar-refractivity contribution in [2.75, 3.05) is 0 Å². The van der Waals surface area contributed by atoms with E-state index in [2.05, 4.69) is 14.9 Å². The summed E-state index contributed by atoms with van der Waals surface area (Å²) >= 11 is 0. The largest absolute Gasteiger partial charge is 0.458 e. The third-order valence-electron chi connectivity index (χ3n) is 3.63. The summed E-state index contributed by atoms with van der Waals surface area (Å²) in [6.45, 7) is 0. The van der Waals surface area contributed by atoms with Crippen LogP contribution < -0.4 is 4.84 Å².